The zero-order chi connectivity index (χ0) is 11.3. The summed E-state index contributed by atoms with van der Waals surface area (Å²) in [4.78, 5) is 0. The molecule has 0 heterocycles. The van der Waals surface area contributed by atoms with E-state index in [0.29, 0.717) is 13.0 Å². The van der Waals surface area contributed by atoms with Crippen molar-refractivity contribution in [1.82, 2.24) is 0 Å². The van der Waals surface area contributed by atoms with Gasteiger partial charge in [-0.25, -0.2) is 0 Å². The van der Waals surface area contributed by atoms with Crippen molar-refractivity contribution in [3.63, 3.8) is 0 Å². The lowest BCUT2D eigenvalue weighted by atomic mass is 10.0. The van der Waals surface area contributed by atoms with Gasteiger partial charge in [0.15, 0.2) is 0 Å². The standard InChI is InChI=1S/C13H20O2/c1-4-8-15-13-7-6-10(3)9-11(13)12(14)5-2/h6-7,9,12,14H,4-5,8H2,1-3H3. The molecule has 1 rings (SSSR count). The first-order chi connectivity index (χ1) is 7.19. The Hall–Kier alpha value is -1.02. The summed E-state index contributed by atoms with van der Waals surface area (Å²) >= 11 is 0. The fourth-order valence-corrected chi connectivity index (χ4v) is 1.49. The van der Waals surface area contributed by atoms with Crippen molar-refractivity contribution in [3.8, 4) is 5.75 Å². The molecule has 0 bridgehead atoms. The van der Waals surface area contributed by atoms with Crippen molar-refractivity contribution >= 4 is 0 Å². The molecule has 1 aromatic carbocycles. The topological polar surface area (TPSA) is 29.5 Å². The summed E-state index contributed by atoms with van der Waals surface area (Å²) in [7, 11) is 0. The lowest BCUT2D eigenvalue weighted by Gasteiger charge is -2.15. The highest BCUT2D eigenvalue weighted by molar-refractivity contribution is 5.38. The maximum Gasteiger partial charge on any atom is 0.125 e. The molecular weight excluding hydrogens is 188 g/mol. The van der Waals surface area contributed by atoms with E-state index >= 15 is 0 Å². The van der Waals surface area contributed by atoms with Crippen LogP contribution in [0.5, 0.6) is 5.75 Å². The fourth-order valence-electron chi connectivity index (χ4n) is 1.49. The molecule has 0 saturated heterocycles. The summed E-state index contributed by atoms with van der Waals surface area (Å²) in [5.74, 6) is 0.816. The number of aliphatic hydroxyl groups excluding tert-OH is 1. The lowest BCUT2D eigenvalue weighted by Crippen LogP contribution is -2.03. The zero-order valence-electron chi connectivity index (χ0n) is 9.79. The van der Waals surface area contributed by atoms with E-state index in [2.05, 4.69) is 6.92 Å². The van der Waals surface area contributed by atoms with Gasteiger partial charge in [0.25, 0.3) is 0 Å². The Bertz CT molecular complexity index is 307. The maximum atomic E-state index is 9.85. The van der Waals surface area contributed by atoms with Gasteiger partial charge in [-0.2, -0.15) is 0 Å². The van der Waals surface area contributed by atoms with Gasteiger partial charge in [-0.1, -0.05) is 25.5 Å². The van der Waals surface area contributed by atoms with Crippen molar-refractivity contribution in [2.45, 2.75) is 39.7 Å². The highest BCUT2D eigenvalue weighted by Gasteiger charge is 2.11. The minimum absolute atomic E-state index is 0.420. The molecule has 1 atom stereocenters. The first-order valence-electron chi connectivity index (χ1n) is 5.60. The Balaban J connectivity index is 2.92. The van der Waals surface area contributed by atoms with Crippen LogP contribution in [0.15, 0.2) is 18.2 Å². The molecule has 0 saturated carbocycles. The van der Waals surface area contributed by atoms with Gasteiger partial charge < -0.3 is 9.84 Å². The van der Waals surface area contributed by atoms with Crippen molar-refractivity contribution in [1.29, 1.82) is 0 Å². The summed E-state index contributed by atoms with van der Waals surface area (Å²) in [6, 6.07) is 5.95. The second-order valence-corrected chi connectivity index (χ2v) is 3.81. The number of hydrogen-bond donors (Lipinski definition) is 1. The van der Waals surface area contributed by atoms with Crippen LogP contribution in [0.3, 0.4) is 0 Å². The van der Waals surface area contributed by atoms with Crippen LogP contribution in [0.25, 0.3) is 0 Å². The number of aliphatic hydroxyl groups is 1. The quantitative estimate of drug-likeness (QED) is 0.805. The molecule has 84 valence electrons. The van der Waals surface area contributed by atoms with E-state index in [0.717, 1.165) is 23.3 Å². The van der Waals surface area contributed by atoms with E-state index in [9.17, 15) is 5.11 Å². The SMILES string of the molecule is CCCOc1ccc(C)cc1C(O)CC. The molecule has 0 radical (unpaired) electrons. The normalized spacial score (nSPS) is 12.5. The van der Waals surface area contributed by atoms with Crippen molar-refractivity contribution in [3.05, 3.63) is 29.3 Å². The lowest BCUT2D eigenvalue weighted by molar-refractivity contribution is 0.167. The molecular formula is C13H20O2. The van der Waals surface area contributed by atoms with Crippen LogP contribution in [0.2, 0.25) is 0 Å². The van der Waals surface area contributed by atoms with E-state index in [-0.39, 0.29) is 0 Å². The van der Waals surface area contributed by atoms with Gasteiger partial charge in [-0.3, -0.25) is 0 Å². The number of aryl methyl sites for hydroxylation is 1. The first kappa shape index (κ1) is 12.1. The molecule has 0 aliphatic carbocycles. The Morgan fingerprint density at radius 3 is 2.67 bits per heavy atom. The molecule has 2 heteroatoms. The Morgan fingerprint density at radius 1 is 1.33 bits per heavy atom. The Kier molecular flexibility index (Phi) is 4.63. The van der Waals surface area contributed by atoms with E-state index in [1.807, 2.05) is 32.0 Å². The molecule has 1 unspecified atom stereocenters. The Morgan fingerprint density at radius 2 is 2.07 bits per heavy atom. The van der Waals surface area contributed by atoms with Gasteiger partial charge in [-0.15, -0.1) is 0 Å². The zero-order valence-corrected chi connectivity index (χ0v) is 9.79. The van der Waals surface area contributed by atoms with Crippen LogP contribution in [-0.4, -0.2) is 11.7 Å². The van der Waals surface area contributed by atoms with Crippen LogP contribution >= 0.6 is 0 Å². The van der Waals surface area contributed by atoms with Crippen LogP contribution in [-0.2, 0) is 0 Å². The molecule has 0 spiro atoms. The van der Waals surface area contributed by atoms with E-state index < -0.39 is 6.10 Å². The average Bonchev–Trinajstić information content (AvgIpc) is 2.26. The summed E-state index contributed by atoms with van der Waals surface area (Å²) in [5.41, 5.74) is 2.06. The minimum Gasteiger partial charge on any atom is -0.493 e. The van der Waals surface area contributed by atoms with Gasteiger partial charge in [0.1, 0.15) is 5.75 Å². The molecule has 0 aliphatic heterocycles. The van der Waals surface area contributed by atoms with E-state index in [1.54, 1.807) is 0 Å². The van der Waals surface area contributed by atoms with Crippen LogP contribution in [0.1, 0.15) is 43.9 Å². The summed E-state index contributed by atoms with van der Waals surface area (Å²) in [6.45, 7) is 6.77. The second kappa shape index (κ2) is 5.76. The predicted molar refractivity (Wildman–Crippen MR) is 62.2 cm³/mol. The second-order valence-electron chi connectivity index (χ2n) is 3.81. The smallest absolute Gasteiger partial charge is 0.125 e. The number of hydrogen-bond acceptors (Lipinski definition) is 2. The number of rotatable bonds is 5. The molecule has 1 N–H and O–H groups in total. The predicted octanol–water partition coefficient (Wildman–Crippen LogP) is 3.23. The molecule has 0 amide bonds. The molecule has 15 heavy (non-hydrogen) atoms. The van der Waals surface area contributed by atoms with E-state index in [4.69, 9.17) is 4.74 Å². The summed E-state index contributed by atoms with van der Waals surface area (Å²) < 4.78 is 5.60. The average molecular weight is 208 g/mol. The third-order valence-electron chi connectivity index (χ3n) is 2.37. The monoisotopic (exact) mass is 208 g/mol. The minimum atomic E-state index is -0.420. The largest absolute Gasteiger partial charge is 0.493 e. The van der Waals surface area contributed by atoms with Gasteiger partial charge in [0.2, 0.25) is 0 Å². The third-order valence-corrected chi connectivity index (χ3v) is 2.37. The number of benzene rings is 1. The molecule has 0 fully saturated rings. The van der Waals surface area contributed by atoms with Crippen LogP contribution in [0.4, 0.5) is 0 Å². The summed E-state index contributed by atoms with van der Waals surface area (Å²) in [5, 5.41) is 9.85. The summed E-state index contributed by atoms with van der Waals surface area (Å²) in [6.07, 6.45) is 1.28. The fraction of sp³-hybridized carbons (Fsp3) is 0.538. The van der Waals surface area contributed by atoms with Crippen molar-refractivity contribution in [2.24, 2.45) is 0 Å². The maximum absolute atomic E-state index is 9.85. The molecule has 0 aliphatic rings. The molecule has 0 aromatic heterocycles. The molecule has 2 nitrogen and oxygen atoms in total. The van der Waals surface area contributed by atoms with Gasteiger partial charge in [-0.05, 0) is 31.9 Å². The van der Waals surface area contributed by atoms with Gasteiger partial charge in [0, 0.05) is 5.56 Å². The van der Waals surface area contributed by atoms with Gasteiger partial charge in [0.05, 0.1) is 12.7 Å². The highest BCUT2D eigenvalue weighted by atomic mass is 16.5. The van der Waals surface area contributed by atoms with Crippen LogP contribution < -0.4 is 4.74 Å². The van der Waals surface area contributed by atoms with Crippen molar-refractivity contribution < 1.29 is 9.84 Å². The molecule has 1 aromatic rings. The van der Waals surface area contributed by atoms with Crippen molar-refractivity contribution in [2.75, 3.05) is 6.61 Å². The van der Waals surface area contributed by atoms with Gasteiger partial charge >= 0.3 is 0 Å². The Labute approximate surface area is 91.9 Å². The van der Waals surface area contributed by atoms with Crippen LogP contribution in [0, 0.1) is 6.92 Å². The first-order valence-corrected chi connectivity index (χ1v) is 5.60. The highest BCUT2D eigenvalue weighted by Crippen LogP contribution is 2.28. The third kappa shape index (κ3) is 3.24. The van der Waals surface area contributed by atoms with E-state index in [1.165, 1.54) is 0 Å². The number of ether oxygens (including phenoxy) is 1.